The molecule has 4 rings (SSSR count). The number of esters is 1. The highest BCUT2D eigenvalue weighted by molar-refractivity contribution is 7.21. The SMILES string of the molecule is CN(C)CCOC(=O)c1sc2cnccc2c1Nc1ccc2c(c1)CC/C2=N/O[Si](C)(C)C(C)(C)C. The minimum atomic E-state index is -1.96. The normalized spacial score (nSPS) is 14.9. The number of ether oxygens (including phenoxy) is 1. The Morgan fingerprint density at radius 1 is 1.22 bits per heavy atom. The smallest absolute Gasteiger partial charge is 0.350 e. The van der Waals surface area contributed by atoms with Gasteiger partial charge in [0.05, 0.1) is 16.1 Å². The third-order valence-electron chi connectivity index (χ3n) is 6.96. The lowest BCUT2D eigenvalue weighted by Gasteiger charge is -2.33. The Balaban J connectivity index is 1.58. The first-order valence-corrected chi connectivity index (χ1v) is 16.0. The van der Waals surface area contributed by atoms with E-state index in [1.807, 2.05) is 31.1 Å². The Kier molecular flexibility index (Phi) is 7.54. The van der Waals surface area contributed by atoms with Gasteiger partial charge >= 0.3 is 5.97 Å². The van der Waals surface area contributed by atoms with E-state index >= 15 is 0 Å². The highest BCUT2D eigenvalue weighted by Gasteiger charge is 2.40. The van der Waals surface area contributed by atoms with E-state index in [2.05, 4.69) is 61.5 Å². The van der Waals surface area contributed by atoms with E-state index in [1.54, 1.807) is 12.4 Å². The molecule has 0 unspecified atom stereocenters. The fraction of sp³-hybridized carbons (Fsp3) is 0.444. The van der Waals surface area contributed by atoms with Crippen LogP contribution >= 0.6 is 11.3 Å². The topological polar surface area (TPSA) is 76.0 Å². The number of benzene rings is 1. The number of carbonyl (C=O) groups is 1. The number of rotatable bonds is 8. The van der Waals surface area contributed by atoms with E-state index in [0.717, 1.165) is 45.6 Å². The molecule has 3 aromatic rings. The third-order valence-corrected chi connectivity index (χ3v) is 12.2. The van der Waals surface area contributed by atoms with Crippen LogP contribution in [0.1, 0.15) is 48.0 Å². The average molecular weight is 525 g/mol. The van der Waals surface area contributed by atoms with Crippen molar-refractivity contribution in [2.75, 3.05) is 32.6 Å². The fourth-order valence-electron chi connectivity index (χ4n) is 3.70. The molecule has 0 atom stereocenters. The van der Waals surface area contributed by atoms with Gasteiger partial charge in [-0.15, -0.1) is 16.5 Å². The molecule has 192 valence electrons. The Morgan fingerprint density at radius 3 is 2.72 bits per heavy atom. The number of aryl methyl sites for hydroxylation is 1. The van der Waals surface area contributed by atoms with Crippen LogP contribution in [0.5, 0.6) is 0 Å². The van der Waals surface area contributed by atoms with Crippen molar-refractivity contribution < 1.29 is 14.1 Å². The van der Waals surface area contributed by atoms with E-state index in [4.69, 9.17) is 9.26 Å². The summed E-state index contributed by atoms with van der Waals surface area (Å²) in [4.78, 5) is 19.7. The number of anilines is 2. The molecule has 0 amide bonds. The van der Waals surface area contributed by atoms with Crippen LogP contribution in [0, 0.1) is 0 Å². The quantitative estimate of drug-likeness (QED) is 0.208. The van der Waals surface area contributed by atoms with E-state index in [0.29, 0.717) is 18.0 Å². The summed E-state index contributed by atoms with van der Waals surface area (Å²) in [7, 11) is 1.95. The summed E-state index contributed by atoms with van der Waals surface area (Å²) < 4.78 is 12.6. The molecule has 2 heterocycles. The van der Waals surface area contributed by atoms with E-state index in [1.165, 1.54) is 16.9 Å². The molecule has 7 nitrogen and oxygen atoms in total. The zero-order chi connectivity index (χ0) is 26.1. The highest BCUT2D eigenvalue weighted by Crippen LogP contribution is 2.39. The van der Waals surface area contributed by atoms with Crippen LogP contribution in [0.25, 0.3) is 10.1 Å². The molecule has 0 saturated heterocycles. The van der Waals surface area contributed by atoms with Crippen molar-refractivity contribution in [3.8, 4) is 0 Å². The van der Waals surface area contributed by atoms with E-state index in [9.17, 15) is 4.79 Å². The van der Waals surface area contributed by atoms with Crippen molar-refractivity contribution in [3.63, 3.8) is 0 Å². The number of pyridine rings is 1. The van der Waals surface area contributed by atoms with Gasteiger partial charge in [0.1, 0.15) is 11.5 Å². The molecule has 1 aliphatic carbocycles. The number of thiophene rings is 1. The summed E-state index contributed by atoms with van der Waals surface area (Å²) in [6, 6.07) is 8.22. The van der Waals surface area contributed by atoms with Crippen LogP contribution in [0.4, 0.5) is 11.4 Å². The monoisotopic (exact) mass is 524 g/mol. The van der Waals surface area contributed by atoms with Crippen LogP contribution in [0.2, 0.25) is 18.1 Å². The predicted octanol–water partition coefficient (Wildman–Crippen LogP) is 6.43. The molecule has 1 N–H and O–H groups in total. The lowest BCUT2D eigenvalue weighted by Crippen LogP contribution is -2.39. The largest absolute Gasteiger partial charge is 0.460 e. The average Bonchev–Trinajstić information content (AvgIpc) is 3.38. The Morgan fingerprint density at radius 2 is 2.00 bits per heavy atom. The molecule has 2 aromatic heterocycles. The summed E-state index contributed by atoms with van der Waals surface area (Å²) in [5.41, 5.74) is 5.08. The second-order valence-corrected chi connectivity index (χ2v) is 16.8. The predicted molar refractivity (Wildman–Crippen MR) is 151 cm³/mol. The number of hydrogen-bond acceptors (Lipinski definition) is 8. The van der Waals surface area contributed by atoms with Gasteiger partial charge in [-0.2, -0.15) is 0 Å². The standard InChI is InChI=1S/C27H36N4O3SSi/c1-27(2,3)36(6,7)34-30-22-11-8-18-16-19(9-10-20(18)22)29-24-21-12-13-28-17-23(21)35-25(24)26(32)33-15-14-31(4)5/h9-10,12-13,16-17,29H,8,11,14-15H2,1-7H3/b30-22-. The summed E-state index contributed by atoms with van der Waals surface area (Å²) >= 11 is 1.40. The van der Waals surface area contributed by atoms with Gasteiger partial charge in [0.15, 0.2) is 0 Å². The van der Waals surface area contributed by atoms with Crippen LogP contribution in [-0.2, 0) is 15.7 Å². The number of oxime groups is 1. The number of fused-ring (bicyclic) bond motifs is 2. The van der Waals surface area contributed by atoms with E-state index < -0.39 is 8.32 Å². The van der Waals surface area contributed by atoms with Gasteiger partial charge in [-0.25, -0.2) is 4.79 Å². The number of carbonyl (C=O) groups excluding carboxylic acids is 1. The summed E-state index contributed by atoms with van der Waals surface area (Å²) in [6.45, 7) is 12.1. The summed E-state index contributed by atoms with van der Waals surface area (Å²) in [5, 5.41) is 9.18. The zero-order valence-electron chi connectivity index (χ0n) is 22.3. The van der Waals surface area contributed by atoms with Gasteiger partial charge in [-0.3, -0.25) is 4.98 Å². The molecule has 0 saturated carbocycles. The van der Waals surface area contributed by atoms with Crippen molar-refractivity contribution in [2.45, 2.75) is 51.7 Å². The fourth-order valence-corrected chi connectivity index (χ4v) is 5.33. The van der Waals surface area contributed by atoms with Crippen LogP contribution < -0.4 is 5.32 Å². The second-order valence-electron chi connectivity index (χ2n) is 11.0. The Bertz CT molecular complexity index is 1290. The van der Waals surface area contributed by atoms with Crippen molar-refractivity contribution in [1.82, 2.24) is 9.88 Å². The number of nitrogens with zero attached hydrogens (tertiary/aromatic N) is 3. The molecule has 0 aliphatic heterocycles. The van der Waals surface area contributed by atoms with Gasteiger partial charge < -0.3 is 19.5 Å². The van der Waals surface area contributed by atoms with Gasteiger partial charge in [-0.05, 0) is 68.8 Å². The molecule has 0 spiro atoms. The molecule has 0 fully saturated rings. The number of likely N-dealkylation sites (N-methyl/N-ethyl adjacent to an activating group) is 1. The maximum atomic E-state index is 12.9. The lowest BCUT2D eigenvalue weighted by atomic mass is 10.1. The number of nitrogens with one attached hydrogen (secondary N) is 1. The number of aromatic nitrogens is 1. The van der Waals surface area contributed by atoms with Crippen LogP contribution in [0.3, 0.4) is 0 Å². The zero-order valence-corrected chi connectivity index (χ0v) is 24.1. The Hall–Kier alpha value is -2.75. The highest BCUT2D eigenvalue weighted by atomic mass is 32.1. The van der Waals surface area contributed by atoms with Crippen molar-refractivity contribution in [3.05, 3.63) is 52.7 Å². The summed E-state index contributed by atoms with van der Waals surface area (Å²) in [6.07, 6.45) is 5.31. The van der Waals surface area contributed by atoms with Gasteiger partial charge in [0.25, 0.3) is 8.32 Å². The van der Waals surface area contributed by atoms with E-state index in [-0.39, 0.29) is 11.0 Å². The Labute approximate surface area is 218 Å². The molecule has 9 heteroatoms. The molecule has 0 bridgehead atoms. The molecule has 1 aliphatic rings. The molecular formula is C27H36N4O3SSi. The molecule has 1 aromatic carbocycles. The van der Waals surface area contributed by atoms with Crippen molar-refractivity contribution >= 4 is 52.8 Å². The minimum absolute atomic E-state index is 0.108. The maximum absolute atomic E-state index is 12.9. The van der Waals surface area contributed by atoms with Gasteiger partial charge in [-0.1, -0.05) is 26.8 Å². The first kappa shape index (κ1) is 26.3. The first-order chi connectivity index (χ1) is 17.0. The van der Waals surface area contributed by atoms with Crippen LogP contribution in [-0.4, -0.2) is 57.1 Å². The third kappa shape index (κ3) is 5.63. The first-order valence-electron chi connectivity index (χ1n) is 12.3. The molecular weight excluding hydrogens is 488 g/mol. The van der Waals surface area contributed by atoms with Crippen molar-refractivity contribution in [1.29, 1.82) is 0 Å². The van der Waals surface area contributed by atoms with Gasteiger partial charge in [0.2, 0.25) is 0 Å². The number of hydrogen-bond donors (Lipinski definition) is 1. The maximum Gasteiger partial charge on any atom is 0.350 e. The minimum Gasteiger partial charge on any atom is -0.460 e. The second kappa shape index (κ2) is 10.3. The summed E-state index contributed by atoms with van der Waals surface area (Å²) in [5.74, 6) is -0.320. The lowest BCUT2D eigenvalue weighted by molar-refractivity contribution is 0.0488. The van der Waals surface area contributed by atoms with Crippen LogP contribution in [0.15, 0.2) is 41.8 Å². The van der Waals surface area contributed by atoms with Crippen molar-refractivity contribution in [2.24, 2.45) is 5.16 Å². The molecule has 0 radical (unpaired) electrons. The molecule has 36 heavy (non-hydrogen) atoms. The van der Waals surface area contributed by atoms with Gasteiger partial charge in [0, 0.05) is 35.6 Å².